The zero-order chi connectivity index (χ0) is 19.2. The van der Waals surface area contributed by atoms with Gasteiger partial charge in [0.1, 0.15) is 12.2 Å². The van der Waals surface area contributed by atoms with Crippen LogP contribution >= 0.6 is 0 Å². The Hall–Kier alpha value is -1.40. The maximum atomic E-state index is 11.6. The lowest BCUT2D eigenvalue weighted by Crippen LogP contribution is -2.70. The van der Waals surface area contributed by atoms with Gasteiger partial charge in [-0.1, -0.05) is 33.3 Å². The highest BCUT2D eigenvalue weighted by Gasteiger charge is 2.65. The van der Waals surface area contributed by atoms with Crippen LogP contribution in [0.15, 0.2) is 12.2 Å². The van der Waals surface area contributed by atoms with E-state index in [1.807, 2.05) is 6.92 Å². The van der Waals surface area contributed by atoms with Crippen LogP contribution in [-0.4, -0.2) is 45.1 Å². The summed E-state index contributed by atoms with van der Waals surface area (Å²) in [6, 6.07) is 0. The summed E-state index contributed by atoms with van der Waals surface area (Å²) in [6.45, 7) is 8.96. The first kappa shape index (κ1) is 19.9. The number of aliphatic carboxylic acids is 1. The minimum absolute atomic E-state index is 0.198. The Morgan fingerprint density at radius 3 is 2.28 bits per heavy atom. The Morgan fingerprint density at radius 1 is 1.16 bits per heavy atom. The van der Waals surface area contributed by atoms with Crippen molar-refractivity contribution in [3.05, 3.63) is 12.2 Å². The van der Waals surface area contributed by atoms with Gasteiger partial charge >= 0.3 is 11.9 Å². The van der Waals surface area contributed by atoms with Gasteiger partial charge in [0.2, 0.25) is 0 Å². The maximum Gasteiger partial charge on any atom is 0.327 e. The SMILES string of the molecule is CC(=O)O[C@@H]1[C@@H](O)[C@](C)(O)[C@@H](/C=C/C(=O)O)[C@@]2(C)CCCC(C)(C)[C@H]12. The fourth-order valence-corrected chi connectivity index (χ4v) is 5.58. The lowest BCUT2D eigenvalue weighted by Gasteiger charge is -2.63. The van der Waals surface area contributed by atoms with Gasteiger partial charge in [0, 0.05) is 24.8 Å². The summed E-state index contributed by atoms with van der Waals surface area (Å²) >= 11 is 0. The molecule has 6 heteroatoms. The predicted octanol–water partition coefficient (Wildman–Crippen LogP) is 2.13. The van der Waals surface area contributed by atoms with Crippen LogP contribution in [0.5, 0.6) is 0 Å². The molecule has 6 atom stereocenters. The van der Waals surface area contributed by atoms with Crippen molar-refractivity contribution in [1.82, 2.24) is 0 Å². The van der Waals surface area contributed by atoms with Crippen LogP contribution in [0.25, 0.3) is 0 Å². The Bertz CT molecular complexity index is 578. The Balaban J connectivity index is 2.61. The van der Waals surface area contributed by atoms with Crippen molar-refractivity contribution in [2.24, 2.45) is 22.7 Å². The molecule has 0 bridgehead atoms. The molecule has 0 amide bonds. The van der Waals surface area contributed by atoms with Gasteiger partial charge < -0.3 is 20.1 Å². The van der Waals surface area contributed by atoms with Gasteiger partial charge in [-0.2, -0.15) is 0 Å². The summed E-state index contributed by atoms with van der Waals surface area (Å²) in [4.78, 5) is 22.7. The second kappa shape index (κ2) is 6.40. The molecule has 0 saturated heterocycles. The van der Waals surface area contributed by atoms with Crippen LogP contribution in [0, 0.1) is 22.7 Å². The molecule has 0 aromatic heterocycles. The van der Waals surface area contributed by atoms with Crippen LogP contribution in [0.4, 0.5) is 0 Å². The van der Waals surface area contributed by atoms with Gasteiger partial charge in [-0.3, -0.25) is 4.79 Å². The van der Waals surface area contributed by atoms with E-state index >= 15 is 0 Å². The molecule has 6 nitrogen and oxygen atoms in total. The van der Waals surface area contributed by atoms with Crippen LogP contribution < -0.4 is 0 Å². The summed E-state index contributed by atoms with van der Waals surface area (Å²) in [5.74, 6) is -2.36. The minimum Gasteiger partial charge on any atom is -0.478 e. The van der Waals surface area contributed by atoms with Crippen molar-refractivity contribution in [1.29, 1.82) is 0 Å². The summed E-state index contributed by atoms with van der Waals surface area (Å²) < 4.78 is 5.49. The van der Waals surface area contributed by atoms with Crippen LogP contribution in [-0.2, 0) is 14.3 Å². The van der Waals surface area contributed by atoms with E-state index in [-0.39, 0.29) is 11.3 Å². The molecule has 0 aromatic rings. The maximum absolute atomic E-state index is 11.6. The third-order valence-corrected chi connectivity index (χ3v) is 6.40. The molecule has 2 aliphatic rings. The van der Waals surface area contributed by atoms with E-state index in [9.17, 15) is 19.8 Å². The summed E-state index contributed by atoms with van der Waals surface area (Å²) in [6.07, 6.45) is 2.99. The lowest BCUT2D eigenvalue weighted by molar-refractivity contribution is -0.261. The monoisotopic (exact) mass is 354 g/mol. The van der Waals surface area contributed by atoms with Crippen LogP contribution in [0.1, 0.15) is 53.9 Å². The van der Waals surface area contributed by atoms with E-state index in [2.05, 4.69) is 13.8 Å². The van der Waals surface area contributed by atoms with Crippen LogP contribution in [0.2, 0.25) is 0 Å². The average Bonchev–Trinajstić information content (AvgIpc) is 2.42. The second-order valence-corrected chi connectivity index (χ2v) is 8.75. The molecule has 0 heterocycles. The number of fused-ring (bicyclic) bond motifs is 1. The van der Waals surface area contributed by atoms with E-state index < -0.39 is 41.1 Å². The number of hydrogen-bond acceptors (Lipinski definition) is 5. The van der Waals surface area contributed by atoms with Crippen molar-refractivity contribution in [3.8, 4) is 0 Å². The van der Waals surface area contributed by atoms with Crippen molar-refractivity contribution in [2.45, 2.75) is 71.7 Å². The van der Waals surface area contributed by atoms with E-state index in [0.717, 1.165) is 25.3 Å². The summed E-state index contributed by atoms with van der Waals surface area (Å²) in [7, 11) is 0. The normalized spacial score (nSPS) is 43.5. The molecule has 0 aliphatic heterocycles. The number of carboxylic acids is 1. The number of carbonyl (C=O) groups is 2. The molecule has 2 aliphatic carbocycles. The Morgan fingerprint density at radius 2 is 1.76 bits per heavy atom. The van der Waals surface area contributed by atoms with Crippen molar-refractivity contribution >= 4 is 11.9 Å². The first-order valence-corrected chi connectivity index (χ1v) is 8.83. The van der Waals surface area contributed by atoms with E-state index in [1.165, 1.54) is 19.9 Å². The molecular formula is C19H30O6. The summed E-state index contributed by atoms with van der Waals surface area (Å²) in [5.41, 5.74) is -2.33. The number of ether oxygens (including phenoxy) is 1. The number of aliphatic hydroxyl groups is 2. The number of aliphatic hydroxyl groups excluding tert-OH is 1. The minimum atomic E-state index is -1.61. The lowest BCUT2D eigenvalue weighted by atomic mass is 9.44. The third kappa shape index (κ3) is 3.34. The number of carboxylic acid groups (broad SMARTS) is 1. The highest BCUT2D eigenvalue weighted by molar-refractivity contribution is 5.79. The second-order valence-electron chi connectivity index (χ2n) is 8.75. The first-order valence-electron chi connectivity index (χ1n) is 8.83. The third-order valence-electron chi connectivity index (χ3n) is 6.40. The highest BCUT2D eigenvalue weighted by atomic mass is 16.6. The Labute approximate surface area is 148 Å². The molecule has 0 unspecified atom stereocenters. The van der Waals surface area contributed by atoms with Gasteiger partial charge in [0.05, 0.1) is 5.60 Å². The molecule has 2 fully saturated rings. The van der Waals surface area contributed by atoms with Crippen molar-refractivity contribution in [2.75, 3.05) is 0 Å². The van der Waals surface area contributed by atoms with Crippen molar-refractivity contribution in [3.63, 3.8) is 0 Å². The molecule has 2 saturated carbocycles. The number of rotatable bonds is 3. The fourth-order valence-electron chi connectivity index (χ4n) is 5.58. The average molecular weight is 354 g/mol. The topological polar surface area (TPSA) is 104 Å². The molecular weight excluding hydrogens is 324 g/mol. The standard InChI is InChI=1S/C19H30O6/c1-11(20)25-14-15-17(2,3)9-6-10-18(15,4)12(7-8-13(21)22)19(5,24)16(14)23/h7-8,12,14-16,23-24H,6,9-10H2,1-5H3,(H,21,22)/b8-7+/t12-,14-,15-,16+,18+,19+/m0/s1. The van der Waals surface area contributed by atoms with E-state index in [1.54, 1.807) is 0 Å². The molecule has 2 rings (SSSR count). The van der Waals surface area contributed by atoms with Gasteiger partial charge in [0.25, 0.3) is 0 Å². The van der Waals surface area contributed by atoms with Crippen LogP contribution in [0.3, 0.4) is 0 Å². The number of esters is 1. The summed E-state index contributed by atoms with van der Waals surface area (Å²) in [5, 5.41) is 31.0. The largest absolute Gasteiger partial charge is 0.478 e. The van der Waals surface area contributed by atoms with Gasteiger partial charge in [-0.25, -0.2) is 4.79 Å². The predicted molar refractivity (Wildman–Crippen MR) is 91.7 cm³/mol. The van der Waals surface area contributed by atoms with Gasteiger partial charge in [-0.15, -0.1) is 0 Å². The molecule has 142 valence electrons. The number of carbonyl (C=O) groups excluding carboxylic acids is 1. The van der Waals surface area contributed by atoms with E-state index in [4.69, 9.17) is 9.84 Å². The highest BCUT2D eigenvalue weighted by Crippen LogP contribution is 2.62. The smallest absolute Gasteiger partial charge is 0.327 e. The number of hydrogen-bond donors (Lipinski definition) is 3. The van der Waals surface area contributed by atoms with Gasteiger partial charge in [0.15, 0.2) is 0 Å². The van der Waals surface area contributed by atoms with Gasteiger partial charge in [-0.05, 0) is 30.6 Å². The molecule has 0 aromatic carbocycles. The fraction of sp³-hybridized carbons (Fsp3) is 0.789. The first-order chi connectivity index (χ1) is 11.3. The zero-order valence-corrected chi connectivity index (χ0v) is 15.7. The van der Waals surface area contributed by atoms with Crippen molar-refractivity contribution < 1.29 is 29.6 Å². The van der Waals surface area contributed by atoms with E-state index in [0.29, 0.717) is 0 Å². The molecule has 25 heavy (non-hydrogen) atoms. The molecule has 3 N–H and O–H groups in total. The molecule has 0 radical (unpaired) electrons. The zero-order valence-electron chi connectivity index (χ0n) is 15.7. The Kier molecular flexibility index (Phi) is 5.10. The quantitative estimate of drug-likeness (QED) is 0.530. The molecule has 0 spiro atoms.